The molecule has 8 nitrogen and oxygen atoms in total. The van der Waals surface area contributed by atoms with Gasteiger partial charge in [-0.25, -0.2) is 18.1 Å². The predicted molar refractivity (Wildman–Crippen MR) is 145 cm³/mol. The monoisotopic (exact) mass is 521 g/mol. The van der Waals surface area contributed by atoms with Crippen LogP contribution in [-0.2, 0) is 29.4 Å². The zero-order valence-corrected chi connectivity index (χ0v) is 22.8. The summed E-state index contributed by atoms with van der Waals surface area (Å²) in [7, 11) is -3.87. The summed E-state index contributed by atoms with van der Waals surface area (Å²) >= 11 is 0. The molecule has 2 heterocycles. The van der Waals surface area contributed by atoms with E-state index in [0.29, 0.717) is 23.4 Å². The van der Waals surface area contributed by atoms with Crippen molar-refractivity contribution in [1.29, 1.82) is 0 Å². The molecule has 0 amide bonds. The number of rotatable bonds is 12. The highest BCUT2D eigenvalue weighted by Gasteiger charge is 2.22. The van der Waals surface area contributed by atoms with E-state index in [1.807, 2.05) is 41.1 Å². The third-order valence-electron chi connectivity index (χ3n) is 6.46. The van der Waals surface area contributed by atoms with Crippen LogP contribution in [0.2, 0.25) is 0 Å². The van der Waals surface area contributed by atoms with Crippen LogP contribution in [0.1, 0.15) is 68.1 Å². The number of unbranched alkanes of at least 4 members (excludes halogenated alkanes) is 2. The Balaban J connectivity index is 1.57. The zero-order chi connectivity index (χ0) is 26.4. The van der Waals surface area contributed by atoms with Crippen LogP contribution in [0.25, 0.3) is 11.1 Å². The van der Waals surface area contributed by atoms with Crippen molar-refractivity contribution >= 4 is 15.8 Å². The molecule has 2 aromatic heterocycles. The summed E-state index contributed by atoms with van der Waals surface area (Å²) in [4.78, 5) is 4.98. The molecule has 0 aliphatic rings. The van der Waals surface area contributed by atoms with Gasteiger partial charge in [-0.1, -0.05) is 74.3 Å². The second-order valence-corrected chi connectivity index (χ2v) is 11.0. The number of hydrogen-bond acceptors (Lipinski definition) is 6. The average Bonchev–Trinajstić information content (AvgIpc) is 3.43. The maximum Gasteiger partial charge on any atom is 0.263 e. The van der Waals surface area contributed by atoms with E-state index >= 15 is 0 Å². The lowest BCUT2D eigenvalue weighted by atomic mass is 10.0. The molecule has 4 aromatic rings. The number of hydrogen-bond donors (Lipinski definition) is 1. The van der Waals surface area contributed by atoms with Gasteiger partial charge in [0.25, 0.3) is 10.0 Å². The lowest BCUT2D eigenvalue weighted by molar-refractivity contribution is 0.399. The first-order valence-corrected chi connectivity index (χ1v) is 14.4. The molecule has 4 rings (SSSR count). The summed E-state index contributed by atoms with van der Waals surface area (Å²) in [5.74, 6) is 2.71. The van der Waals surface area contributed by atoms with Gasteiger partial charge in [-0.3, -0.25) is 4.72 Å². The highest BCUT2D eigenvalue weighted by atomic mass is 32.2. The molecular weight excluding hydrogens is 486 g/mol. The quantitative estimate of drug-likeness (QED) is 0.242. The fourth-order valence-electron chi connectivity index (χ4n) is 4.11. The van der Waals surface area contributed by atoms with E-state index in [0.717, 1.165) is 61.3 Å². The highest BCUT2D eigenvalue weighted by Crippen LogP contribution is 2.30. The van der Waals surface area contributed by atoms with E-state index in [9.17, 15) is 8.42 Å². The first-order chi connectivity index (χ1) is 17.8. The molecule has 1 N–H and O–H groups in total. The molecular formula is C28H35N5O3S. The third-order valence-corrected chi connectivity index (χ3v) is 7.86. The number of aryl methyl sites for hydroxylation is 3. The van der Waals surface area contributed by atoms with Gasteiger partial charge in [0.15, 0.2) is 11.6 Å². The molecule has 2 aromatic carbocycles. The summed E-state index contributed by atoms with van der Waals surface area (Å²) in [5.41, 5.74) is 3.17. The number of nitrogens with one attached hydrogen (secondary N) is 1. The highest BCUT2D eigenvalue weighted by molar-refractivity contribution is 7.92. The summed E-state index contributed by atoms with van der Waals surface area (Å²) in [6.07, 6.45) is 6.20. The van der Waals surface area contributed by atoms with Crippen molar-refractivity contribution in [2.24, 2.45) is 0 Å². The Labute approximate surface area is 219 Å². The first-order valence-electron chi connectivity index (χ1n) is 12.9. The Morgan fingerprint density at radius 1 is 0.946 bits per heavy atom. The van der Waals surface area contributed by atoms with Crippen LogP contribution in [0, 0.1) is 13.8 Å². The fourth-order valence-corrected chi connectivity index (χ4v) is 5.40. The normalized spacial score (nSPS) is 11.7. The standard InChI is InChI=1S/C28H35N5O3S/c1-5-7-13-26-29-27(14-8-6-2)33(30-26)19-22-15-17-23(18-16-22)24-11-9-10-12-25(24)37(34,35)32-28-20(3)21(4)36-31-28/h9-12,15-18H,5-8,13-14,19H2,1-4H3,(H,31,32). The van der Waals surface area contributed by atoms with Gasteiger partial charge in [-0.05, 0) is 43.9 Å². The van der Waals surface area contributed by atoms with E-state index < -0.39 is 10.0 Å². The summed E-state index contributed by atoms with van der Waals surface area (Å²) in [6.45, 7) is 8.49. The van der Waals surface area contributed by atoms with Crippen molar-refractivity contribution in [3.63, 3.8) is 0 Å². The molecule has 0 radical (unpaired) electrons. The van der Waals surface area contributed by atoms with Crippen LogP contribution >= 0.6 is 0 Å². The molecule has 196 valence electrons. The van der Waals surface area contributed by atoms with Crippen LogP contribution in [0.5, 0.6) is 0 Å². The molecule has 0 unspecified atom stereocenters. The van der Waals surface area contributed by atoms with Gasteiger partial charge in [-0.2, -0.15) is 5.10 Å². The van der Waals surface area contributed by atoms with Crippen molar-refractivity contribution in [2.75, 3.05) is 4.72 Å². The molecule has 0 fully saturated rings. The van der Waals surface area contributed by atoms with E-state index in [4.69, 9.17) is 14.6 Å². The Kier molecular flexibility index (Phi) is 8.43. The first kappa shape index (κ1) is 26.6. The van der Waals surface area contributed by atoms with E-state index in [-0.39, 0.29) is 10.7 Å². The van der Waals surface area contributed by atoms with Crippen LogP contribution in [0.3, 0.4) is 0 Å². The minimum absolute atomic E-state index is 0.182. The minimum Gasteiger partial charge on any atom is -0.359 e. The number of anilines is 1. The van der Waals surface area contributed by atoms with Crippen LogP contribution in [0.15, 0.2) is 57.9 Å². The van der Waals surface area contributed by atoms with E-state index in [1.54, 1.807) is 26.0 Å². The van der Waals surface area contributed by atoms with Crippen molar-refractivity contribution < 1.29 is 12.9 Å². The van der Waals surface area contributed by atoms with Crippen molar-refractivity contribution in [1.82, 2.24) is 19.9 Å². The van der Waals surface area contributed by atoms with Gasteiger partial charge >= 0.3 is 0 Å². The summed E-state index contributed by atoms with van der Waals surface area (Å²) < 4.78 is 36.2. The average molecular weight is 522 g/mol. The molecule has 0 aliphatic carbocycles. The third kappa shape index (κ3) is 6.28. The van der Waals surface area contributed by atoms with Gasteiger partial charge in [0.1, 0.15) is 11.6 Å². The Bertz CT molecular complexity index is 1440. The fraction of sp³-hybridized carbons (Fsp3) is 0.393. The zero-order valence-electron chi connectivity index (χ0n) is 22.0. The second kappa shape index (κ2) is 11.7. The van der Waals surface area contributed by atoms with Crippen LogP contribution in [-0.4, -0.2) is 28.3 Å². The molecule has 0 saturated carbocycles. The van der Waals surface area contributed by atoms with E-state index in [1.165, 1.54) is 0 Å². The van der Waals surface area contributed by atoms with Gasteiger partial charge in [0, 0.05) is 24.0 Å². The number of sulfonamides is 1. The van der Waals surface area contributed by atoms with Gasteiger partial charge in [0.2, 0.25) is 0 Å². The summed E-state index contributed by atoms with van der Waals surface area (Å²) in [5, 5.41) is 8.62. The van der Waals surface area contributed by atoms with Gasteiger partial charge < -0.3 is 4.52 Å². The lowest BCUT2D eigenvalue weighted by Crippen LogP contribution is -2.15. The largest absolute Gasteiger partial charge is 0.359 e. The maximum atomic E-state index is 13.3. The van der Waals surface area contributed by atoms with Gasteiger partial charge in [0.05, 0.1) is 11.4 Å². The SMILES string of the molecule is CCCCc1nc(CCCC)n(Cc2ccc(-c3ccccc3S(=O)(=O)Nc3noc(C)c3C)cc2)n1. The molecule has 0 spiro atoms. The Morgan fingerprint density at radius 2 is 1.65 bits per heavy atom. The smallest absolute Gasteiger partial charge is 0.263 e. The maximum absolute atomic E-state index is 13.3. The van der Waals surface area contributed by atoms with Crippen molar-refractivity contribution in [2.45, 2.75) is 77.7 Å². The predicted octanol–water partition coefficient (Wildman–Crippen LogP) is 6.08. The van der Waals surface area contributed by atoms with Crippen molar-refractivity contribution in [3.8, 4) is 11.1 Å². The van der Waals surface area contributed by atoms with E-state index in [2.05, 4.69) is 23.7 Å². The molecule has 0 atom stereocenters. The number of nitrogens with zero attached hydrogens (tertiary/aromatic N) is 4. The molecule has 0 aliphatic heterocycles. The van der Waals surface area contributed by atoms with Crippen LogP contribution < -0.4 is 4.72 Å². The van der Waals surface area contributed by atoms with Gasteiger partial charge in [-0.15, -0.1) is 0 Å². The number of aromatic nitrogens is 4. The Morgan fingerprint density at radius 3 is 2.32 bits per heavy atom. The molecule has 9 heteroatoms. The van der Waals surface area contributed by atoms with Crippen LogP contribution in [0.4, 0.5) is 5.82 Å². The minimum atomic E-state index is -3.87. The molecule has 0 saturated heterocycles. The van der Waals surface area contributed by atoms with Crippen molar-refractivity contribution in [3.05, 3.63) is 77.1 Å². The molecule has 0 bridgehead atoms. The second-order valence-electron chi connectivity index (χ2n) is 9.32. The summed E-state index contributed by atoms with van der Waals surface area (Å²) in [6, 6.07) is 14.9. The Hall–Kier alpha value is -3.46. The lowest BCUT2D eigenvalue weighted by Gasteiger charge is -2.12. The topological polar surface area (TPSA) is 103 Å². The molecule has 37 heavy (non-hydrogen) atoms. The number of benzene rings is 2.